The molecule has 0 spiro atoms. The molecule has 1 aromatic heterocycles. The monoisotopic (exact) mass is 561 g/mol. The molecule has 3 aromatic carbocycles. The van der Waals surface area contributed by atoms with Gasteiger partial charge in [0.15, 0.2) is 5.69 Å². The average molecular weight is 562 g/mol. The topological polar surface area (TPSA) is 163 Å². The van der Waals surface area contributed by atoms with Crippen LogP contribution >= 0.6 is 11.6 Å². The molecule has 0 bridgehead atoms. The van der Waals surface area contributed by atoms with Crippen molar-refractivity contribution in [2.45, 2.75) is 23.6 Å². The van der Waals surface area contributed by atoms with E-state index in [1.807, 2.05) is 6.92 Å². The maximum Gasteiger partial charge on any atom is 0.339 e. The van der Waals surface area contributed by atoms with Gasteiger partial charge in [-0.2, -0.15) is 13.5 Å². The van der Waals surface area contributed by atoms with Gasteiger partial charge < -0.3 is 8.74 Å². The Morgan fingerprint density at radius 3 is 2.19 bits per heavy atom. The van der Waals surface area contributed by atoms with Gasteiger partial charge in [-0.25, -0.2) is 13.1 Å². The fraction of sp³-hybridized carbons (Fsp3) is 0.0870. The molecule has 0 radical (unpaired) electrons. The van der Waals surface area contributed by atoms with E-state index in [9.17, 15) is 26.2 Å². The van der Waals surface area contributed by atoms with Crippen LogP contribution in [0.2, 0.25) is 5.02 Å². The SMILES string of the molecule is Cc1ccc(S(=O)(=O)Oc2ccc(N=Nc3c(C)[nH]n(-c4ccc(Cl)cc4S(=O)(=O)[O-])c3=O)cc2)cc1. The van der Waals surface area contributed by atoms with Crippen molar-refractivity contribution < 1.29 is 25.6 Å². The van der Waals surface area contributed by atoms with Crippen LogP contribution in [0.4, 0.5) is 11.4 Å². The maximum absolute atomic E-state index is 12.9. The van der Waals surface area contributed by atoms with Crippen molar-refractivity contribution in [2.75, 3.05) is 0 Å². The lowest BCUT2D eigenvalue weighted by atomic mass is 10.2. The van der Waals surface area contributed by atoms with E-state index in [-0.39, 0.29) is 38.4 Å². The van der Waals surface area contributed by atoms with Crippen LogP contribution in [0.1, 0.15) is 11.3 Å². The number of aromatic amines is 1. The van der Waals surface area contributed by atoms with Crippen molar-refractivity contribution in [3.05, 3.63) is 93.4 Å². The quantitative estimate of drug-likeness (QED) is 0.197. The van der Waals surface area contributed by atoms with Crippen LogP contribution in [-0.4, -0.2) is 31.2 Å². The highest BCUT2D eigenvalue weighted by Gasteiger charge is 2.19. The van der Waals surface area contributed by atoms with Crippen LogP contribution in [-0.2, 0) is 20.2 Å². The van der Waals surface area contributed by atoms with Crippen LogP contribution in [0.25, 0.3) is 5.69 Å². The molecule has 37 heavy (non-hydrogen) atoms. The lowest BCUT2D eigenvalue weighted by Crippen LogP contribution is -2.17. The Kier molecular flexibility index (Phi) is 7.06. The number of nitrogens with zero attached hydrogens (tertiary/aromatic N) is 3. The van der Waals surface area contributed by atoms with Crippen LogP contribution in [0.15, 0.2) is 91.5 Å². The van der Waals surface area contributed by atoms with E-state index >= 15 is 0 Å². The zero-order valence-corrected chi connectivity index (χ0v) is 21.6. The minimum Gasteiger partial charge on any atom is -0.744 e. The van der Waals surface area contributed by atoms with Crippen molar-refractivity contribution in [1.29, 1.82) is 0 Å². The molecular weight excluding hydrogens is 544 g/mol. The molecule has 0 unspecified atom stereocenters. The van der Waals surface area contributed by atoms with E-state index in [1.54, 1.807) is 12.1 Å². The smallest absolute Gasteiger partial charge is 0.339 e. The van der Waals surface area contributed by atoms with E-state index in [4.69, 9.17) is 15.8 Å². The van der Waals surface area contributed by atoms with E-state index in [0.717, 1.165) is 16.3 Å². The Morgan fingerprint density at radius 1 is 0.919 bits per heavy atom. The number of hydrogen-bond acceptors (Lipinski definition) is 9. The molecule has 0 fully saturated rings. The second-order valence-electron chi connectivity index (χ2n) is 7.84. The van der Waals surface area contributed by atoms with Gasteiger partial charge >= 0.3 is 10.1 Å². The highest BCUT2D eigenvalue weighted by molar-refractivity contribution is 7.87. The van der Waals surface area contributed by atoms with Gasteiger partial charge in [-0.05, 0) is 68.4 Å². The number of halogens is 1. The summed E-state index contributed by atoms with van der Waals surface area (Å²) in [4.78, 5) is 12.2. The molecule has 4 rings (SSSR count). The third kappa shape index (κ3) is 5.80. The van der Waals surface area contributed by atoms with Crippen molar-refractivity contribution in [3.8, 4) is 11.4 Å². The molecule has 192 valence electrons. The van der Waals surface area contributed by atoms with Crippen molar-refractivity contribution in [1.82, 2.24) is 9.78 Å². The summed E-state index contributed by atoms with van der Waals surface area (Å²) in [7, 11) is -8.97. The van der Waals surface area contributed by atoms with Gasteiger partial charge in [-0.1, -0.05) is 29.3 Å². The molecule has 0 saturated heterocycles. The number of aromatic nitrogens is 2. The van der Waals surface area contributed by atoms with Crippen LogP contribution < -0.4 is 9.74 Å². The van der Waals surface area contributed by atoms with Gasteiger partial charge in [0.25, 0.3) is 5.56 Å². The predicted octanol–water partition coefficient (Wildman–Crippen LogP) is 4.52. The summed E-state index contributed by atoms with van der Waals surface area (Å²) >= 11 is 5.81. The molecule has 0 amide bonds. The Labute approximate surface area is 216 Å². The first-order valence-corrected chi connectivity index (χ1v) is 13.6. The summed E-state index contributed by atoms with van der Waals surface area (Å²) in [6.45, 7) is 3.35. The number of hydrogen-bond donors (Lipinski definition) is 1. The zero-order chi connectivity index (χ0) is 27.0. The summed E-state index contributed by atoms with van der Waals surface area (Å²) in [6, 6.07) is 15.3. The first-order valence-electron chi connectivity index (χ1n) is 10.5. The number of aryl methyl sites for hydroxylation is 2. The number of rotatable bonds is 7. The molecule has 14 heteroatoms. The van der Waals surface area contributed by atoms with Crippen molar-refractivity contribution in [3.63, 3.8) is 0 Å². The fourth-order valence-corrected chi connectivity index (χ4v) is 5.11. The van der Waals surface area contributed by atoms with Gasteiger partial charge in [-0.3, -0.25) is 9.89 Å². The molecule has 1 heterocycles. The lowest BCUT2D eigenvalue weighted by molar-refractivity contribution is 0.462. The van der Waals surface area contributed by atoms with E-state index in [1.165, 1.54) is 55.5 Å². The Morgan fingerprint density at radius 2 is 1.57 bits per heavy atom. The van der Waals surface area contributed by atoms with Gasteiger partial charge in [0, 0.05) is 5.02 Å². The predicted molar refractivity (Wildman–Crippen MR) is 134 cm³/mol. The summed E-state index contributed by atoms with van der Waals surface area (Å²) in [5, 5.41) is 10.6. The summed E-state index contributed by atoms with van der Waals surface area (Å²) in [5.74, 6) is 0.0498. The molecule has 0 atom stereocenters. The molecule has 0 aliphatic heterocycles. The first kappa shape index (κ1) is 26.3. The minimum absolute atomic E-state index is 0.00788. The number of H-pyrrole nitrogens is 1. The van der Waals surface area contributed by atoms with Crippen LogP contribution in [0.3, 0.4) is 0 Å². The number of nitrogens with one attached hydrogen (secondary N) is 1. The molecular formula is C23H18ClN4O7S2-. The summed E-state index contributed by atoms with van der Waals surface area (Å²) in [6.07, 6.45) is 0. The normalized spacial score (nSPS) is 12.2. The summed E-state index contributed by atoms with van der Waals surface area (Å²) in [5.41, 5.74) is 0.333. The van der Waals surface area contributed by atoms with Crippen LogP contribution in [0.5, 0.6) is 5.75 Å². The molecule has 4 aromatic rings. The molecule has 1 N–H and O–H groups in total. The van der Waals surface area contributed by atoms with E-state index < -0.39 is 30.7 Å². The highest BCUT2D eigenvalue weighted by atomic mass is 35.5. The van der Waals surface area contributed by atoms with E-state index in [2.05, 4.69) is 15.3 Å². The van der Waals surface area contributed by atoms with Gasteiger partial charge in [0.1, 0.15) is 20.8 Å². The second-order valence-corrected chi connectivity index (χ2v) is 11.2. The van der Waals surface area contributed by atoms with Gasteiger partial charge in [0.05, 0.1) is 22.0 Å². The van der Waals surface area contributed by atoms with Gasteiger partial charge in [0.2, 0.25) is 0 Å². The standard InChI is InChI=1S/C23H19ClN4O7S2/c1-14-3-10-19(11-4-14)37(33,34)35-18-8-6-17(7-9-18)25-26-22-15(2)27-28(23(22)29)20-12-5-16(24)13-21(20)36(30,31)32/h3-13,27H,1-2H3,(H,30,31,32)/p-1. The summed E-state index contributed by atoms with van der Waals surface area (Å²) < 4.78 is 65.9. The third-order valence-corrected chi connectivity index (χ3v) is 7.45. The Bertz CT molecular complexity index is 1780. The Hall–Kier alpha value is -3.78. The highest BCUT2D eigenvalue weighted by Crippen LogP contribution is 2.26. The first-order chi connectivity index (χ1) is 17.3. The molecule has 0 aliphatic rings. The molecule has 11 nitrogen and oxygen atoms in total. The third-order valence-electron chi connectivity index (χ3n) is 5.09. The van der Waals surface area contributed by atoms with Crippen LogP contribution in [0, 0.1) is 13.8 Å². The molecule has 0 saturated carbocycles. The maximum atomic E-state index is 12.9. The van der Waals surface area contributed by atoms with Crippen molar-refractivity contribution >= 4 is 43.2 Å². The largest absolute Gasteiger partial charge is 0.744 e. The lowest BCUT2D eigenvalue weighted by Gasteiger charge is -2.13. The Balaban J connectivity index is 1.58. The van der Waals surface area contributed by atoms with Gasteiger partial charge in [-0.15, -0.1) is 5.11 Å². The minimum atomic E-state index is -4.94. The second kappa shape index (κ2) is 9.94. The zero-order valence-electron chi connectivity index (χ0n) is 19.2. The van der Waals surface area contributed by atoms with Crippen molar-refractivity contribution in [2.24, 2.45) is 10.2 Å². The molecule has 0 aliphatic carbocycles. The number of benzene rings is 3. The van der Waals surface area contributed by atoms with E-state index in [0.29, 0.717) is 0 Å². The number of azo groups is 1. The average Bonchev–Trinajstić information content (AvgIpc) is 3.11. The fourth-order valence-electron chi connectivity index (χ4n) is 3.25.